The van der Waals surface area contributed by atoms with Gasteiger partial charge in [0.15, 0.2) is 5.78 Å². The summed E-state index contributed by atoms with van der Waals surface area (Å²) in [7, 11) is 1.52. The summed E-state index contributed by atoms with van der Waals surface area (Å²) in [6.45, 7) is 1.46. The normalized spacial score (nSPS) is 13.9. The minimum Gasteiger partial charge on any atom is -0.508 e. The highest BCUT2D eigenvalue weighted by atomic mass is 16.5. The molecular formula is C14H16O3. The van der Waals surface area contributed by atoms with Crippen molar-refractivity contribution in [3.8, 4) is 0 Å². The Labute approximate surface area is 101 Å². The number of allylic oxidation sites excluding steroid dienone is 1. The third-order valence-corrected chi connectivity index (χ3v) is 2.18. The van der Waals surface area contributed by atoms with Crippen LogP contribution in [0.25, 0.3) is 5.76 Å². The van der Waals surface area contributed by atoms with Gasteiger partial charge in [-0.3, -0.25) is 4.79 Å². The molecule has 90 valence electrons. The van der Waals surface area contributed by atoms with Crippen molar-refractivity contribution >= 4 is 11.5 Å². The highest BCUT2D eigenvalue weighted by Gasteiger charge is 2.03. The summed E-state index contributed by atoms with van der Waals surface area (Å²) < 4.78 is 5.12. The number of rotatable bonds is 5. The zero-order chi connectivity index (χ0) is 12.7. The first-order valence-electron chi connectivity index (χ1n) is 5.31. The lowest BCUT2D eigenvalue weighted by Gasteiger charge is -2.07. The third kappa shape index (κ3) is 4.66. The zero-order valence-corrected chi connectivity index (χ0v) is 9.96. The van der Waals surface area contributed by atoms with Gasteiger partial charge in [0.25, 0.3) is 0 Å². The molecule has 0 amide bonds. The molecule has 0 radical (unpaired) electrons. The summed E-state index contributed by atoms with van der Waals surface area (Å²) in [4.78, 5) is 10.8. The average Bonchev–Trinajstić information content (AvgIpc) is 2.35. The van der Waals surface area contributed by atoms with E-state index in [1.165, 1.54) is 20.1 Å². The maximum absolute atomic E-state index is 10.8. The molecule has 0 aliphatic rings. The maximum atomic E-state index is 10.8. The van der Waals surface area contributed by atoms with E-state index in [0.717, 1.165) is 0 Å². The Balaban J connectivity index is 2.82. The van der Waals surface area contributed by atoms with E-state index in [9.17, 15) is 9.90 Å². The summed E-state index contributed by atoms with van der Waals surface area (Å²) >= 11 is 0. The second kappa shape index (κ2) is 6.66. The number of aliphatic hydroxyl groups excluding tert-OH is 1. The van der Waals surface area contributed by atoms with Crippen molar-refractivity contribution < 1.29 is 14.6 Å². The standard InChI is InChI=1S/C14H16O3/c1-11(15)8-9-13(17-2)10-14(16)12-6-4-3-5-7-12/h3-10,13,16H,1-2H3/b9-8+,14-10?. The summed E-state index contributed by atoms with van der Waals surface area (Å²) in [5.41, 5.74) is 0.714. The highest BCUT2D eigenvalue weighted by molar-refractivity contribution is 5.87. The van der Waals surface area contributed by atoms with Crippen LogP contribution in [-0.2, 0) is 9.53 Å². The molecular weight excluding hydrogens is 216 g/mol. The Morgan fingerprint density at radius 2 is 2.00 bits per heavy atom. The molecule has 0 saturated heterocycles. The van der Waals surface area contributed by atoms with Gasteiger partial charge in [-0.1, -0.05) is 30.3 Å². The van der Waals surface area contributed by atoms with Crippen LogP contribution in [0.4, 0.5) is 0 Å². The first-order valence-corrected chi connectivity index (χ1v) is 5.31. The molecule has 0 aromatic heterocycles. The molecule has 3 heteroatoms. The molecule has 17 heavy (non-hydrogen) atoms. The number of carbonyl (C=O) groups excluding carboxylic acids is 1. The molecule has 1 unspecified atom stereocenters. The molecule has 0 aliphatic carbocycles. The number of methoxy groups -OCH3 is 1. The Bertz CT molecular complexity index is 418. The van der Waals surface area contributed by atoms with Gasteiger partial charge in [0.05, 0.1) is 6.10 Å². The first-order chi connectivity index (χ1) is 8.13. The minimum absolute atomic E-state index is 0.0559. The molecule has 3 nitrogen and oxygen atoms in total. The van der Waals surface area contributed by atoms with Gasteiger partial charge in [0, 0.05) is 12.7 Å². The van der Waals surface area contributed by atoms with Gasteiger partial charge in [0.2, 0.25) is 0 Å². The molecule has 0 saturated carbocycles. The molecule has 1 atom stereocenters. The van der Waals surface area contributed by atoms with Crippen molar-refractivity contribution in [1.29, 1.82) is 0 Å². The molecule has 0 bridgehead atoms. The molecule has 0 heterocycles. The van der Waals surface area contributed by atoms with Gasteiger partial charge >= 0.3 is 0 Å². The van der Waals surface area contributed by atoms with E-state index in [0.29, 0.717) is 5.56 Å². The fourth-order valence-corrected chi connectivity index (χ4v) is 1.29. The van der Waals surface area contributed by atoms with Crippen LogP contribution < -0.4 is 0 Å². The Hall–Kier alpha value is -1.87. The van der Waals surface area contributed by atoms with Crippen LogP contribution in [0.2, 0.25) is 0 Å². The Morgan fingerprint density at radius 1 is 1.35 bits per heavy atom. The SMILES string of the molecule is COC(C=C(O)c1ccccc1)/C=C/C(C)=O. The van der Waals surface area contributed by atoms with Crippen LogP contribution in [-0.4, -0.2) is 24.1 Å². The quantitative estimate of drug-likeness (QED) is 0.627. The molecule has 0 aliphatic heterocycles. The molecule has 1 rings (SSSR count). The third-order valence-electron chi connectivity index (χ3n) is 2.18. The van der Waals surface area contributed by atoms with E-state index >= 15 is 0 Å². The number of hydrogen-bond donors (Lipinski definition) is 1. The topological polar surface area (TPSA) is 46.5 Å². The van der Waals surface area contributed by atoms with Crippen molar-refractivity contribution in [1.82, 2.24) is 0 Å². The average molecular weight is 232 g/mol. The van der Waals surface area contributed by atoms with E-state index in [1.807, 2.05) is 18.2 Å². The summed E-state index contributed by atoms with van der Waals surface area (Å²) in [5, 5.41) is 9.85. The zero-order valence-electron chi connectivity index (χ0n) is 9.96. The maximum Gasteiger partial charge on any atom is 0.152 e. The van der Waals surface area contributed by atoms with Gasteiger partial charge < -0.3 is 9.84 Å². The molecule has 0 fully saturated rings. The van der Waals surface area contributed by atoms with Gasteiger partial charge in [-0.05, 0) is 25.2 Å². The summed E-state index contributed by atoms with van der Waals surface area (Å²) in [6.07, 6.45) is 4.15. The number of ether oxygens (including phenoxy) is 1. The lowest BCUT2D eigenvalue weighted by molar-refractivity contribution is -0.112. The first kappa shape index (κ1) is 13.2. The second-order valence-corrected chi connectivity index (χ2v) is 3.59. The predicted octanol–water partition coefficient (Wildman–Crippen LogP) is 2.75. The van der Waals surface area contributed by atoms with Crippen molar-refractivity contribution in [2.45, 2.75) is 13.0 Å². The van der Waals surface area contributed by atoms with Crippen LogP contribution in [0, 0.1) is 0 Å². The van der Waals surface area contributed by atoms with E-state index in [4.69, 9.17) is 4.74 Å². The fraction of sp³-hybridized carbons (Fsp3) is 0.214. The van der Waals surface area contributed by atoms with Gasteiger partial charge in [-0.15, -0.1) is 0 Å². The summed E-state index contributed by atoms with van der Waals surface area (Å²) in [6, 6.07) is 9.15. The van der Waals surface area contributed by atoms with E-state index in [-0.39, 0.29) is 11.5 Å². The smallest absolute Gasteiger partial charge is 0.152 e. The Kier molecular flexibility index (Phi) is 5.17. The van der Waals surface area contributed by atoms with E-state index in [2.05, 4.69) is 0 Å². The van der Waals surface area contributed by atoms with Gasteiger partial charge in [0.1, 0.15) is 5.76 Å². The minimum atomic E-state index is -0.417. The van der Waals surface area contributed by atoms with Crippen LogP contribution >= 0.6 is 0 Å². The molecule has 0 spiro atoms. The molecule has 1 N–H and O–H groups in total. The van der Waals surface area contributed by atoms with Gasteiger partial charge in [-0.25, -0.2) is 0 Å². The van der Waals surface area contributed by atoms with Crippen LogP contribution in [0.15, 0.2) is 48.6 Å². The van der Waals surface area contributed by atoms with Crippen LogP contribution in [0.3, 0.4) is 0 Å². The number of ketones is 1. The van der Waals surface area contributed by atoms with Crippen molar-refractivity contribution in [2.75, 3.05) is 7.11 Å². The fourth-order valence-electron chi connectivity index (χ4n) is 1.29. The highest BCUT2D eigenvalue weighted by Crippen LogP contribution is 2.12. The van der Waals surface area contributed by atoms with Crippen molar-refractivity contribution in [3.63, 3.8) is 0 Å². The summed E-state index contributed by atoms with van der Waals surface area (Å²) in [5.74, 6) is 0.0744. The van der Waals surface area contributed by atoms with Crippen LogP contribution in [0.5, 0.6) is 0 Å². The number of aliphatic hydroxyl groups is 1. The Morgan fingerprint density at radius 3 is 2.53 bits per heavy atom. The number of hydrogen-bond acceptors (Lipinski definition) is 3. The lowest BCUT2D eigenvalue weighted by Crippen LogP contribution is -2.04. The molecule has 1 aromatic rings. The monoisotopic (exact) mass is 232 g/mol. The van der Waals surface area contributed by atoms with Crippen molar-refractivity contribution in [2.24, 2.45) is 0 Å². The van der Waals surface area contributed by atoms with Crippen LogP contribution in [0.1, 0.15) is 12.5 Å². The largest absolute Gasteiger partial charge is 0.508 e. The number of carbonyl (C=O) groups is 1. The van der Waals surface area contributed by atoms with E-state index in [1.54, 1.807) is 24.3 Å². The van der Waals surface area contributed by atoms with E-state index < -0.39 is 6.10 Å². The molecule has 1 aromatic carbocycles. The number of benzene rings is 1. The van der Waals surface area contributed by atoms with Crippen molar-refractivity contribution in [3.05, 3.63) is 54.1 Å². The second-order valence-electron chi connectivity index (χ2n) is 3.59. The lowest BCUT2D eigenvalue weighted by atomic mass is 10.1. The van der Waals surface area contributed by atoms with Gasteiger partial charge in [-0.2, -0.15) is 0 Å². The predicted molar refractivity (Wildman–Crippen MR) is 67.7 cm³/mol.